The quantitative estimate of drug-likeness (QED) is 0.369. The first-order valence-corrected chi connectivity index (χ1v) is 16.2. The zero-order valence-corrected chi connectivity index (χ0v) is 24.9. The number of fused-ring (bicyclic) bond motifs is 2. The van der Waals surface area contributed by atoms with Crippen LogP contribution in [-0.2, 0) is 10.0 Å². The molecule has 6 rings (SSSR count). The van der Waals surface area contributed by atoms with Crippen LogP contribution in [0.5, 0.6) is 11.5 Å². The van der Waals surface area contributed by atoms with Crippen molar-refractivity contribution >= 4 is 39.3 Å². The molecule has 12 heteroatoms. The normalized spacial score (nSPS) is 23.9. The Morgan fingerprint density at radius 1 is 1.10 bits per heavy atom. The number of nitrogens with zero attached hydrogens (tertiary/aromatic N) is 1. The lowest BCUT2D eigenvalue weighted by Crippen LogP contribution is -2.43. The molecule has 2 aromatic carbocycles. The van der Waals surface area contributed by atoms with Crippen LogP contribution in [0.1, 0.15) is 30.9 Å². The summed E-state index contributed by atoms with van der Waals surface area (Å²) in [6.07, 6.45) is 6.48. The van der Waals surface area contributed by atoms with Crippen LogP contribution in [0.25, 0.3) is 0 Å². The van der Waals surface area contributed by atoms with Gasteiger partial charge in [0.05, 0.1) is 11.3 Å². The summed E-state index contributed by atoms with van der Waals surface area (Å²) in [6.45, 7) is 0.272. The Bertz CT molecular complexity index is 1540. The number of hydrogen-bond acceptors (Lipinski definition) is 7. The van der Waals surface area contributed by atoms with Crippen molar-refractivity contribution in [1.29, 1.82) is 0 Å². The Morgan fingerprint density at radius 2 is 1.81 bits per heavy atom. The van der Waals surface area contributed by atoms with Crippen molar-refractivity contribution in [3.63, 3.8) is 0 Å². The Kier molecular flexibility index (Phi) is 8.26. The molecule has 1 fully saturated rings. The minimum absolute atomic E-state index is 0.0497. The molecule has 222 valence electrons. The minimum Gasteiger partial charge on any atom is -0.491 e. The maximum absolute atomic E-state index is 13.5. The smallest absolute Gasteiger partial charge is 0.416 e. The van der Waals surface area contributed by atoms with Crippen LogP contribution < -0.4 is 19.5 Å². The number of sulfonamides is 1. The molecule has 4 atom stereocenters. The molecule has 4 unspecified atom stereocenters. The zero-order valence-electron chi connectivity index (χ0n) is 22.6. The van der Waals surface area contributed by atoms with E-state index in [0.717, 1.165) is 11.3 Å². The number of nitrogens with one attached hydrogen (secondary N) is 2. The van der Waals surface area contributed by atoms with Gasteiger partial charge >= 0.3 is 6.09 Å². The number of aliphatic hydroxyl groups excluding tert-OH is 1. The van der Waals surface area contributed by atoms with Crippen molar-refractivity contribution < 1.29 is 27.8 Å². The number of ether oxygens (including phenoxy) is 2. The summed E-state index contributed by atoms with van der Waals surface area (Å²) >= 11 is 12.3. The number of carbonyl (C=O) groups is 1. The third-order valence-corrected chi connectivity index (χ3v) is 10.3. The SMILES string of the molecule is O=C(Oc1ccc(Cl)cc1)N1CCC2=C(NC3C=CC(Cl)=CC23)C1c1ccc(OCC(O)CNS(=O)(=O)C2CC2)cc1. The third kappa shape index (κ3) is 6.33. The van der Waals surface area contributed by atoms with Crippen LogP contribution in [0.15, 0.2) is 83.1 Å². The van der Waals surface area contributed by atoms with Gasteiger partial charge in [0, 0.05) is 34.8 Å². The fourth-order valence-electron chi connectivity index (χ4n) is 5.55. The predicted octanol–water partition coefficient (Wildman–Crippen LogP) is 4.64. The highest BCUT2D eigenvalue weighted by atomic mass is 35.5. The molecule has 9 nitrogen and oxygen atoms in total. The van der Waals surface area contributed by atoms with Crippen molar-refractivity contribution in [3.8, 4) is 11.5 Å². The van der Waals surface area contributed by atoms with E-state index in [1.54, 1.807) is 41.3 Å². The van der Waals surface area contributed by atoms with E-state index in [2.05, 4.69) is 10.0 Å². The van der Waals surface area contributed by atoms with Gasteiger partial charge in [-0.05, 0) is 72.9 Å². The molecule has 1 amide bonds. The second-order valence-corrected chi connectivity index (χ2v) is 13.8. The number of allylic oxidation sites excluding steroid dienone is 2. The molecule has 0 aromatic heterocycles. The van der Waals surface area contributed by atoms with Crippen LogP contribution in [0.3, 0.4) is 0 Å². The van der Waals surface area contributed by atoms with Crippen molar-refractivity contribution in [2.24, 2.45) is 5.92 Å². The topological polar surface area (TPSA) is 117 Å². The van der Waals surface area contributed by atoms with Crippen molar-refractivity contribution in [2.45, 2.75) is 42.7 Å². The Hall–Kier alpha value is -3.02. The van der Waals surface area contributed by atoms with Gasteiger partial charge in [-0.2, -0.15) is 0 Å². The van der Waals surface area contributed by atoms with Gasteiger partial charge in [0.15, 0.2) is 0 Å². The fraction of sp³-hybridized carbons (Fsp3) is 0.367. The average molecular weight is 633 g/mol. The number of amides is 1. The summed E-state index contributed by atoms with van der Waals surface area (Å²) in [4.78, 5) is 15.2. The monoisotopic (exact) mass is 631 g/mol. The van der Waals surface area contributed by atoms with E-state index >= 15 is 0 Å². The first-order chi connectivity index (χ1) is 20.2. The molecule has 2 aliphatic heterocycles. The van der Waals surface area contributed by atoms with E-state index in [0.29, 0.717) is 47.4 Å². The van der Waals surface area contributed by atoms with Crippen LogP contribution in [0.2, 0.25) is 5.02 Å². The number of aliphatic hydroxyl groups is 1. The van der Waals surface area contributed by atoms with E-state index in [-0.39, 0.29) is 30.4 Å². The van der Waals surface area contributed by atoms with Crippen LogP contribution in [-0.4, -0.2) is 61.6 Å². The molecule has 2 aromatic rings. The van der Waals surface area contributed by atoms with Gasteiger partial charge in [0.2, 0.25) is 10.0 Å². The Labute approximate surface area is 254 Å². The zero-order chi connectivity index (χ0) is 29.4. The van der Waals surface area contributed by atoms with Crippen molar-refractivity contribution in [1.82, 2.24) is 14.9 Å². The summed E-state index contributed by atoms with van der Waals surface area (Å²) in [7, 11) is -3.37. The molecule has 2 aliphatic carbocycles. The molecule has 4 aliphatic rings. The molecule has 0 spiro atoms. The van der Waals surface area contributed by atoms with Crippen LogP contribution in [0.4, 0.5) is 4.79 Å². The number of hydrogen-bond donors (Lipinski definition) is 3. The molecular weight excluding hydrogens is 601 g/mol. The summed E-state index contributed by atoms with van der Waals surface area (Å²) in [6, 6.07) is 13.6. The van der Waals surface area contributed by atoms with Gasteiger partial charge in [-0.25, -0.2) is 17.9 Å². The molecule has 0 saturated heterocycles. The first-order valence-electron chi connectivity index (χ1n) is 13.9. The lowest BCUT2D eigenvalue weighted by atomic mass is 9.85. The summed E-state index contributed by atoms with van der Waals surface area (Å²) < 4.78 is 37.9. The highest BCUT2D eigenvalue weighted by molar-refractivity contribution is 7.90. The molecule has 0 radical (unpaired) electrons. The van der Waals surface area contributed by atoms with Crippen LogP contribution in [0, 0.1) is 5.92 Å². The predicted molar refractivity (Wildman–Crippen MR) is 160 cm³/mol. The largest absolute Gasteiger partial charge is 0.491 e. The number of carbonyl (C=O) groups excluding carboxylic acids is 1. The number of rotatable bonds is 9. The molecule has 0 bridgehead atoms. The van der Waals surface area contributed by atoms with Gasteiger partial charge < -0.3 is 19.9 Å². The molecular formula is C30H31Cl2N3O6S. The standard InChI is InChI=1S/C30H31Cl2N3O6S/c31-19-3-8-23(9-4-19)41-30(37)35-14-13-25-26-15-20(32)5-12-27(26)34-28(25)29(35)18-1-6-22(7-2-18)40-17-21(36)16-33-42(38,39)24-10-11-24/h1-9,12,15,21,24,26-27,29,33-34,36H,10-11,13-14,16-17H2. The van der Waals surface area contributed by atoms with Crippen molar-refractivity contribution in [3.05, 3.63) is 93.6 Å². The van der Waals surface area contributed by atoms with Gasteiger partial charge in [-0.3, -0.25) is 4.90 Å². The average Bonchev–Trinajstić information content (AvgIpc) is 3.79. The Morgan fingerprint density at radius 3 is 2.52 bits per heavy atom. The van der Waals surface area contributed by atoms with Gasteiger partial charge in [0.25, 0.3) is 0 Å². The van der Waals surface area contributed by atoms with Crippen molar-refractivity contribution in [2.75, 3.05) is 19.7 Å². The summed E-state index contributed by atoms with van der Waals surface area (Å²) in [5, 5.41) is 14.7. The van der Waals surface area contributed by atoms with E-state index < -0.39 is 28.3 Å². The summed E-state index contributed by atoms with van der Waals surface area (Å²) in [5.41, 5.74) is 3.01. The van der Waals surface area contributed by atoms with Gasteiger partial charge in [-0.1, -0.05) is 47.5 Å². The highest BCUT2D eigenvalue weighted by Gasteiger charge is 2.43. The summed E-state index contributed by atoms with van der Waals surface area (Å²) in [5.74, 6) is 1.01. The van der Waals surface area contributed by atoms with Crippen LogP contribution >= 0.6 is 23.2 Å². The minimum atomic E-state index is -3.37. The lowest BCUT2D eigenvalue weighted by molar-refractivity contribution is 0.111. The molecule has 2 heterocycles. The molecule has 3 N–H and O–H groups in total. The van der Waals surface area contributed by atoms with E-state index in [9.17, 15) is 18.3 Å². The maximum Gasteiger partial charge on any atom is 0.416 e. The highest BCUT2D eigenvalue weighted by Crippen LogP contribution is 2.45. The van der Waals surface area contributed by atoms with E-state index in [4.69, 9.17) is 32.7 Å². The fourth-order valence-corrected chi connectivity index (χ4v) is 7.30. The number of benzene rings is 2. The second kappa shape index (κ2) is 11.9. The van der Waals surface area contributed by atoms with Gasteiger partial charge in [0.1, 0.15) is 30.3 Å². The second-order valence-electron chi connectivity index (χ2n) is 10.8. The van der Waals surface area contributed by atoms with E-state index in [1.807, 2.05) is 30.4 Å². The maximum atomic E-state index is 13.5. The third-order valence-electron chi connectivity index (χ3n) is 7.84. The molecule has 42 heavy (non-hydrogen) atoms. The Balaban J connectivity index is 1.19. The number of halogens is 2. The van der Waals surface area contributed by atoms with E-state index in [1.165, 1.54) is 5.57 Å². The molecule has 1 saturated carbocycles. The first kappa shape index (κ1) is 29.1. The van der Waals surface area contributed by atoms with Gasteiger partial charge in [-0.15, -0.1) is 0 Å². The lowest BCUT2D eigenvalue weighted by Gasteiger charge is -2.37.